The van der Waals surface area contributed by atoms with Gasteiger partial charge in [0.2, 0.25) is 0 Å². The lowest BCUT2D eigenvalue weighted by molar-refractivity contribution is -0.151. The Kier molecular flexibility index (Phi) is 1.71. The first-order valence-electron chi connectivity index (χ1n) is 4.74. The number of rotatable bonds is 0. The third-order valence-electron chi connectivity index (χ3n) is 3.16. The molecule has 0 radical (unpaired) electrons. The van der Waals surface area contributed by atoms with Gasteiger partial charge in [-0.25, -0.2) is 0 Å². The van der Waals surface area contributed by atoms with Gasteiger partial charge in [0.25, 0.3) is 0 Å². The Labute approximate surface area is 78.4 Å². The van der Waals surface area contributed by atoms with Gasteiger partial charge < -0.3 is 9.47 Å². The molecular weight excluding hydrogens is 168 g/mol. The number of cyclic esters (lactones) is 1. The quantitative estimate of drug-likeness (QED) is 0.533. The molecule has 2 heterocycles. The van der Waals surface area contributed by atoms with Crippen LogP contribution in [0.4, 0.5) is 0 Å². The van der Waals surface area contributed by atoms with Crippen LogP contribution in [0.3, 0.4) is 0 Å². The Morgan fingerprint density at radius 3 is 2.69 bits per heavy atom. The zero-order valence-corrected chi connectivity index (χ0v) is 8.42. The molecule has 0 aliphatic carbocycles. The van der Waals surface area contributed by atoms with Crippen LogP contribution in [0.15, 0.2) is 0 Å². The highest BCUT2D eigenvalue weighted by Crippen LogP contribution is 2.45. The molecule has 0 bridgehead atoms. The Morgan fingerprint density at radius 1 is 1.31 bits per heavy atom. The standard InChI is InChI=1S/C10H16O3/c1-9(2)4-7-8(11)12-5-10(7,3)6-13-9/h7H,4-6H2,1-3H3/t7?,10-/m0/s1. The van der Waals surface area contributed by atoms with Crippen molar-refractivity contribution in [1.29, 1.82) is 0 Å². The van der Waals surface area contributed by atoms with Crippen LogP contribution in [0.25, 0.3) is 0 Å². The number of esters is 1. The first-order valence-corrected chi connectivity index (χ1v) is 4.74. The van der Waals surface area contributed by atoms with Crippen LogP contribution in [0.2, 0.25) is 0 Å². The Bertz CT molecular complexity index is 247. The van der Waals surface area contributed by atoms with Crippen LogP contribution < -0.4 is 0 Å². The van der Waals surface area contributed by atoms with Gasteiger partial charge in [-0.05, 0) is 20.3 Å². The average Bonchev–Trinajstić information content (AvgIpc) is 2.31. The molecule has 2 rings (SSSR count). The molecular formula is C10H16O3. The third-order valence-corrected chi connectivity index (χ3v) is 3.16. The molecule has 0 saturated carbocycles. The summed E-state index contributed by atoms with van der Waals surface area (Å²) in [5.41, 5.74) is -0.250. The molecule has 2 saturated heterocycles. The molecule has 2 aliphatic rings. The largest absolute Gasteiger partial charge is 0.465 e. The number of ether oxygens (including phenoxy) is 2. The molecule has 0 aromatic carbocycles. The molecule has 1 unspecified atom stereocenters. The maximum atomic E-state index is 11.4. The van der Waals surface area contributed by atoms with Crippen molar-refractivity contribution >= 4 is 5.97 Å². The van der Waals surface area contributed by atoms with Crippen molar-refractivity contribution in [3.8, 4) is 0 Å². The topological polar surface area (TPSA) is 35.5 Å². The molecule has 2 fully saturated rings. The summed E-state index contributed by atoms with van der Waals surface area (Å²) < 4.78 is 10.8. The number of carbonyl (C=O) groups is 1. The van der Waals surface area contributed by atoms with Gasteiger partial charge in [0.05, 0.1) is 24.7 Å². The molecule has 74 valence electrons. The lowest BCUT2D eigenvalue weighted by Gasteiger charge is -2.41. The van der Waals surface area contributed by atoms with Gasteiger partial charge in [-0.1, -0.05) is 6.92 Å². The van der Waals surface area contributed by atoms with Gasteiger partial charge in [0.15, 0.2) is 0 Å². The fourth-order valence-corrected chi connectivity index (χ4v) is 2.10. The molecule has 0 aromatic rings. The molecule has 0 N–H and O–H groups in total. The van der Waals surface area contributed by atoms with Crippen molar-refractivity contribution < 1.29 is 14.3 Å². The third kappa shape index (κ3) is 1.35. The summed E-state index contributed by atoms with van der Waals surface area (Å²) in [6, 6.07) is 0. The number of hydrogen-bond donors (Lipinski definition) is 0. The minimum atomic E-state index is -0.173. The first kappa shape index (κ1) is 9.00. The van der Waals surface area contributed by atoms with E-state index < -0.39 is 0 Å². The van der Waals surface area contributed by atoms with Crippen LogP contribution in [-0.2, 0) is 14.3 Å². The minimum Gasteiger partial charge on any atom is -0.465 e. The molecule has 3 nitrogen and oxygen atoms in total. The van der Waals surface area contributed by atoms with Crippen molar-refractivity contribution in [2.45, 2.75) is 32.8 Å². The van der Waals surface area contributed by atoms with E-state index in [1.807, 2.05) is 13.8 Å². The predicted octanol–water partition coefficient (Wildman–Crippen LogP) is 1.36. The molecule has 0 spiro atoms. The van der Waals surface area contributed by atoms with Crippen molar-refractivity contribution in [1.82, 2.24) is 0 Å². The second kappa shape index (κ2) is 2.47. The summed E-state index contributed by atoms with van der Waals surface area (Å²) in [7, 11) is 0. The summed E-state index contributed by atoms with van der Waals surface area (Å²) in [5, 5.41) is 0. The van der Waals surface area contributed by atoms with E-state index in [9.17, 15) is 4.79 Å². The van der Waals surface area contributed by atoms with E-state index in [0.29, 0.717) is 13.2 Å². The molecule has 2 atom stereocenters. The second-order valence-corrected chi connectivity index (χ2v) is 5.07. The summed E-state index contributed by atoms with van der Waals surface area (Å²) in [5.74, 6) is -0.00451. The molecule has 0 aromatic heterocycles. The highest BCUT2D eigenvalue weighted by molar-refractivity contribution is 5.76. The normalized spacial score (nSPS) is 42.7. The van der Waals surface area contributed by atoms with E-state index in [0.717, 1.165) is 6.42 Å². The van der Waals surface area contributed by atoms with Gasteiger partial charge in [0, 0.05) is 5.41 Å². The molecule has 0 amide bonds. The maximum absolute atomic E-state index is 11.4. The van der Waals surface area contributed by atoms with Crippen LogP contribution in [0, 0.1) is 11.3 Å². The zero-order chi connectivity index (χ0) is 9.69. The van der Waals surface area contributed by atoms with E-state index in [1.165, 1.54) is 0 Å². The molecule has 13 heavy (non-hydrogen) atoms. The fraction of sp³-hybridized carbons (Fsp3) is 0.900. The summed E-state index contributed by atoms with van der Waals surface area (Å²) >= 11 is 0. The average molecular weight is 184 g/mol. The minimum absolute atomic E-state index is 0.0382. The molecule has 2 aliphatic heterocycles. The van der Waals surface area contributed by atoms with E-state index in [-0.39, 0.29) is 22.9 Å². The van der Waals surface area contributed by atoms with Crippen LogP contribution in [0.5, 0.6) is 0 Å². The van der Waals surface area contributed by atoms with Crippen molar-refractivity contribution in [3.05, 3.63) is 0 Å². The number of hydrogen-bond acceptors (Lipinski definition) is 3. The highest BCUT2D eigenvalue weighted by Gasteiger charge is 2.52. The van der Waals surface area contributed by atoms with E-state index in [1.54, 1.807) is 0 Å². The predicted molar refractivity (Wildman–Crippen MR) is 47.2 cm³/mol. The van der Waals surface area contributed by atoms with Crippen molar-refractivity contribution in [3.63, 3.8) is 0 Å². The Balaban J connectivity index is 2.22. The van der Waals surface area contributed by atoms with E-state index in [2.05, 4.69) is 6.92 Å². The molecule has 3 heteroatoms. The van der Waals surface area contributed by atoms with Crippen LogP contribution >= 0.6 is 0 Å². The van der Waals surface area contributed by atoms with Gasteiger partial charge in [0.1, 0.15) is 0 Å². The maximum Gasteiger partial charge on any atom is 0.309 e. The summed E-state index contributed by atoms with van der Waals surface area (Å²) in [4.78, 5) is 11.4. The number of fused-ring (bicyclic) bond motifs is 1. The second-order valence-electron chi connectivity index (χ2n) is 5.07. The van der Waals surface area contributed by atoms with Crippen molar-refractivity contribution in [2.75, 3.05) is 13.2 Å². The van der Waals surface area contributed by atoms with Gasteiger partial charge >= 0.3 is 5.97 Å². The van der Waals surface area contributed by atoms with Gasteiger partial charge in [-0.3, -0.25) is 4.79 Å². The monoisotopic (exact) mass is 184 g/mol. The van der Waals surface area contributed by atoms with E-state index >= 15 is 0 Å². The van der Waals surface area contributed by atoms with Crippen LogP contribution in [-0.4, -0.2) is 24.8 Å². The lowest BCUT2D eigenvalue weighted by Crippen LogP contribution is -2.46. The Hall–Kier alpha value is -0.570. The van der Waals surface area contributed by atoms with Crippen molar-refractivity contribution in [2.24, 2.45) is 11.3 Å². The summed E-state index contributed by atoms with van der Waals surface area (Å²) in [6.45, 7) is 7.27. The SMILES string of the molecule is CC1(C)CC2C(=O)OC[C@@]2(C)CO1. The lowest BCUT2D eigenvalue weighted by atomic mass is 9.73. The fourth-order valence-electron chi connectivity index (χ4n) is 2.10. The van der Waals surface area contributed by atoms with Crippen LogP contribution in [0.1, 0.15) is 27.2 Å². The van der Waals surface area contributed by atoms with Gasteiger partial charge in [-0.2, -0.15) is 0 Å². The zero-order valence-electron chi connectivity index (χ0n) is 8.42. The highest BCUT2D eigenvalue weighted by atomic mass is 16.6. The smallest absolute Gasteiger partial charge is 0.309 e. The Morgan fingerprint density at radius 2 is 2.00 bits per heavy atom. The number of carbonyl (C=O) groups excluding carboxylic acids is 1. The first-order chi connectivity index (χ1) is 5.93. The summed E-state index contributed by atoms with van der Waals surface area (Å²) in [6.07, 6.45) is 0.780. The van der Waals surface area contributed by atoms with Gasteiger partial charge in [-0.15, -0.1) is 0 Å². The van der Waals surface area contributed by atoms with E-state index in [4.69, 9.17) is 9.47 Å².